The van der Waals surface area contributed by atoms with Gasteiger partial charge in [0.15, 0.2) is 17.6 Å². The number of hydrogen-bond donors (Lipinski definition) is 0. The maximum atomic E-state index is 6.16. The Kier molecular flexibility index (Phi) is 4.60. The molecular weight excluding hydrogens is 380 g/mol. The topological polar surface area (TPSA) is 36.3 Å². The third-order valence-electron chi connectivity index (χ3n) is 5.33. The number of hydrogen-bond acceptors (Lipinski definition) is 4. The van der Waals surface area contributed by atoms with Gasteiger partial charge in [-0.25, -0.2) is 4.98 Å². The summed E-state index contributed by atoms with van der Waals surface area (Å²) in [5.41, 5.74) is 5.77. The Morgan fingerprint density at radius 1 is 1.03 bits per heavy atom. The Bertz CT molecular complexity index is 1150. The maximum absolute atomic E-state index is 6.16. The maximum Gasteiger partial charge on any atom is 0.161 e. The molecule has 0 aliphatic carbocycles. The van der Waals surface area contributed by atoms with Crippen molar-refractivity contribution in [2.75, 3.05) is 6.61 Å². The van der Waals surface area contributed by atoms with Gasteiger partial charge in [0, 0.05) is 27.9 Å². The van der Waals surface area contributed by atoms with Crippen molar-refractivity contribution in [2.45, 2.75) is 26.5 Å². The van der Waals surface area contributed by atoms with E-state index >= 15 is 0 Å². The van der Waals surface area contributed by atoms with Gasteiger partial charge in [0.05, 0.1) is 12.2 Å². The van der Waals surface area contributed by atoms with Crippen molar-refractivity contribution in [2.24, 2.45) is 0 Å². The molecule has 5 heteroatoms. The minimum atomic E-state index is -0.0159. The summed E-state index contributed by atoms with van der Waals surface area (Å²) in [4.78, 5) is 4.89. The molecule has 0 amide bonds. The lowest BCUT2D eigenvalue weighted by atomic mass is 10.2. The van der Waals surface area contributed by atoms with Crippen molar-refractivity contribution >= 4 is 11.3 Å². The van der Waals surface area contributed by atoms with Crippen LogP contribution in [0.4, 0.5) is 0 Å². The molecule has 4 nitrogen and oxygen atoms in total. The van der Waals surface area contributed by atoms with Gasteiger partial charge >= 0.3 is 0 Å². The zero-order valence-corrected chi connectivity index (χ0v) is 17.3. The molecule has 1 aliphatic heterocycles. The number of benzene rings is 2. The Labute approximate surface area is 174 Å². The second-order valence-electron chi connectivity index (χ2n) is 7.30. The van der Waals surface area contributed by atoms with Crippen molar-refractivity contribution in [3.8, 4) is 33.3 Å². The van der Waals surface area contributed by atoms with Crippen LogP contribution >= 0.6 is 11.3 Å². The van der Waals surface area contributed by atoms with Gasteiger partial charge in [0.25, 0.3) is 0 Å². The van der Waals surface area contributed by atoms with Gasteiger partial charge in [-0.1, -0.05) is 42.5 Å². The van der Waals surface area contributed by atoms with Crippen molar-refractivity contribution in [1.82, 2.24) is 9.55 Å². The molecule has 5 rings (SSSR count). The van der Waals surface area contributed by atoms with E-state index < -0.39 is 0 Å². The van der Waals surface area contributed by atoms with Gasteiger partial charge in [-0.15, -0.1) is 11.3 Å². The second kappa shape index (κ2) is 7.41. The smallest absolute Gasteiger partial charge is 0.161 e. The minimum Gasteiger partial charge on any atom is -0.486 e. The third-order valence-corrected chi connectivity index (χ3v) is 6.22. The van der Waals surface area contributed by atoms with Crippen LogP contribution in [0.2, 0.25) is 0 Å². The highest BCUT2D eigenvalue weighted by Crippen LogP contribution is 2.34. The molecule has 0 N–H and O–H groups in total. The van der Waals surface area contributed by atoms with Crippen LogP contribution in [0.3, 0.4) is 0 Å². The highest BCUT2D eigenvalue weighted by atomic mass is 32.1. The second-order valence-corrected chi connectivity index (χ2v) is 8.16. The summed E-state index contributed by atoms with van der Waals surface area (Å²) in [6.07, 6.45) is -0.0159. The Morgan fingerprint density at radius 2 is 1.79 bits per heavy atom. The molecule has 2 aromatic heterocycles. The largest absolute Gasteiger partial charge is 0.486 e. The summed E-state index contributed by atoms with van der Waals surface area (Å²) in [6.45, 7) is 5.60. The van der Waals surface area contributed by atoms with Crippen LogP contribution in [0.15, 0.2) is 66.0 Å². The number of aryl methyl sites for hydroxylation is 1. The van der Waals surface area contributed by atoms with Crippen molar-refractivity contribution in [3.05, 3.63) is 77.4 Å². The van der Waals surface area contributed by atoms with Crippen molar-refractivity contribution in [3.63, 3.8) is 0 Å². The molecule has 146 valence electrons. The summed E-state index contributed by atoms with van der Waals surface area (Å²) < 4.78 is 14.4. The molecule has 0 bridgehead atoms. The highest BCUT2D eigenvalue weighted by molar-refractivity contribution is 7.13. The van der Waals surface area contributed by atoms with E-state index in [0.29, 0.717) is 6.61 Å². The van der Waals surface area contributed by atoms with E-state index in [1.54, 1.807) is 11.3 Å². The van der Waals surface area contributed by atoms with E-state index in [9.17, 15) is 0 Å². The molecule has 0 saturated heterocycles. The minimum absolute atomic E-state index is 0.0159. The molecule has 3 heterocycles. The molecule has 0 saturated carbocycles. The summed E-state index contributed by atoms with van der Waals surface area (Å²) >= 11 is 1.68. The Balaban J connectivity index is 1.40. The van der Waals surface area contributed by atoms with Crippen LogP contribution in [-0.2, 0) is 6.54 Å². The van der Waals surface area contributed by atoms with Gasteiger partial charge in [-0.2, -0.15) is 0 Å². The van der Waals surface area contributed by atoms with Gasteiger partial charge in [0.2, 0.25) is 0 Å². The summed E-state index contributed by atoms with van der Waals surface area (Å²) in [5, 5.41) is 3.19. The van der Waals surface area contributed by atoms with Crippen LogP contribution < -0.4 is 9.47 Å². The predicted molar refractivity (Wildman–Crippen MR) is 117 cm³/mol. The van der Waals surface area contributed by atoms with Gasteiger partial charge in [-0.3, -0.25) is 0 Å². The normalized spacial score (nSPS) is 15.4. The number of thiazole rings is 1. The molecule has 0 unspecified atom stereocenters. The first kappa shape index (κ1) is 18.0. The quantitative estimate of drug-likeness (QED) is 0.437. The summed E-state index contributed by atoms with van der Waals surface area (Å²) in [7, 11) is 0. The summed E-state index contributed by atoms with van der Waals surface area (Å²) in [6, 6.07) is 20.4. The number of nitrogens with zero attached hydrogens (tertiary/aromatic N) is 2. The highest BCUT2D eigenvalue weighted by Gasteiger charge is 2.23. The van der Waals surface area contributed by atoms with Crippen LogP contribution in [0, 0.1) is 13.8 Å². The zero-order valence-electron chi connectivity index (χ0n) is 16.5. The fourth-order valence-electron chi connectivity index (χ4n) is 3.81. The summed E-state index contributed by atoms with van der Waals surface area (Å²) in [5.74, 6) is 1.64. The van der Waals surface area contributed by atoms with Gasteiger partial charge in [0.1, 0.15) is 11.6 Å². The molecular formula is C24H22N2O2S. The molecule has 1 aliphatic rings. The molecule has 2 aromatic carbocycles. The van der Waals surface area contributed by atoms with Crippen LogP contribution in [0.1, 0.15) is 11.4 Å². The number of fused-ring (bicyclic) bond motifs is 1. The third kappa shape index (κ3) is 3.42. The van der Waals surface area contributed by atoms with E-state index in [-0.39, 0.29) is 6.10 Å². The molecule has 0 radical (unpaired) electrons. The van der Waals surface area contributed by atoms with E-state index in [2.05, 4.69) is 42.0 Å². The fourth-order valence-corrected chi connectivity index (χ4v) is 4.63. The average Bonchev–Trinajstić information content (AvgIpc) is 3.35. The lowest BCUT2D eigenvalue weighted by Crippen LogP contribution is -2.33. The average molecular weight is 403 g/mol. The number of ether oxygens (including phenoxy) is 2. The lowest BCUT2D eigenvalue weighted by Gasteiger charge is -2.27. The SMILES string of the molecule is Cc1cc(-c2csc(-c3ccccc3)n2)c(C)n1C[C@H]1COc2ccccc2O1. The first-order chi connectivity index (χ1) is 14.2. The van der Waals surface area contributed by atoms with Crippen LogP contribution in [0.25, 0.3) is 21.8 Å². The van der Waals surface area contributed by atoms with Gasteiger partial charge < -0.3 is 14.0 Å². The number of para-hydroxylation sites is 2. The van der Waals surface area contributed by atoms with E-state index in [1.165, 1.54) is 17.0 Å². The zero-order chi connectivity index (χ0) is 19.8. The number of aromatic nitrogens is 2. The van der Waals surface area contributed by atoms with Crippen molar-refractivity contribution in [1.29, 1.82) is 0 Å². The first-order valence-electron chi connectivity index (χ1n) is 9.75. The predicted octanol–water partition coefficient (Wildman–Crippen LogP) is 5.74. The number of rotatable bonds is 4. The van der Waals surface area contributed by atoms with Crippen LogP contribution in [0.5, 0.6) is 11.5 Å². The standard InChI is InChI=1S/C24H22N2O2S/c1-16-12-20(21-15-29-24(25-21)18-8-4-3-5-9-18)17(2)26(16)13-19-14-27-22-10-6-7-11-23(22)28-19/h3-12,15,19H,13-14H2,1-2H3/t19-/m0/s1. The van der Waals surface area contributed by atoms with E-state index in [0.717, 1.165) is 34.3 Å². The monoisotopic (exact) mass is 402 g/mol. The molecule has 0 fully saturated rings. The molecule has 29 heavy (non-hydrogen) atoms. The molecule has 1 atom stereocenters. The fraction of sp³-hybridized carbons (Fsp3) is 0.208. The van der Waals surface area contributed by atoms with Crippen molar-refractivity contribution < 1.29 is 9.47 Å². The molecule has 0 spiro atoms. The van der Waals surface area contributed by atoms with Gasteiger partial charge in [-0.05, 0) is 32.0 Å². The van der Waals surface area contributed by atoms with E-state index in [1.807, 2.05) is 42.5 Å². The van der Waals surface area contributed by atoms with Crippen LogP contribution in [-0.4, -0.2) is 22.3 Å². The van der Waals surface area contributed by atoms with E-state index in [4.69, 9.17) is 14.5 Å². The Morgan fingerprint density at radius 3 is 2.62 bits per heavy atom. The first-order valence-corrected chi connectivity index (χ1v) is 10.6. The molecule has 4 aromatic rings. The lowest BCUT2D eigenvalue weighted by molar-refractivity contribution is 0.0778. The Hall–Kier alpha value is -3.05.